The Kier molecular flexibility index (Phi) is 7.69. The third-order valence-corrected chi connectivity index (χ3v) is 1.91. The van der Waals surface area contributed by atoms with Crippen molar-refractivity contribution in [1.29, 1.82) is 0 Å². The minimum absolute atomic E-state index is 0.723. The molecular weight excluding hydrogens is 164 g/mol. The van der Waals surface area contributed by atoms with E-state index in [1.165, 1.54) is 0 Å². The summed E-state index contributed by atoms with van der Waals surface area (Å²) in [5.74, 6) is 0. The number of hydrogen-bond acceptors (Lipinski definition) is 3. The Bertz CT molecular complexity index is 146. The lowest BCUT2D eigenvalue weighted by molar-refractivity contribution is 0.144. The maximum atomic E-state index is 5.08. The van der Waals surface area contributed by atoms with Crippen LogP contribution in [0, 0.1) is 0 Å². The Morgan fingerprint density at radius 3 is 2.62 bits per heavy atom. The third kappa shape index (κ3) is 7.78. The van der Waals surface area contributed by atoms with Crippen molar-refractivity contribution < 1.29 is 4.84 Å². The molecule has 0 fully saturated rings. The van der Waals surface area contributed by atoms with Crippen LogP contribution in [-0.4, -0.2) is 37.4 Å². The van der Waals surface area contributed by atoms with Crippen LogP contribution in [0.2, 0.25) is 0 Å². The Morgan fingerprint density at radius 2 is 2.08 bits per heavy atom. The smallest absolute Gasteiger partial charge is 0.116 e. The van der Waals surface area contributed by atoms with Gasteiger partial charge in [0.1, 0.15) is 6.61 Å². The molecule has 0 aliphatic carbocycles. The first-order chi connectivity index (χ1) is 6.20. The van der Waals surface area contributed by atoms with Crippen molar-refractivity contribution in [2.45, 2.75) is 33.6 Å². The molecule has 0 amide bonds. The lowest BCUT2D eigenvalue weighted by Gasteiger charge is -2.12. The molecule has 0 unspecified atom stereocenters. The van der Waals surface area contributed by atoms with Gasteiger partial charge in [-0.3, -0.25) is 0 Å². The second kappa shape index (κ2) is 8.05. The molecule has 0 heterocycles. The summed E-state index contributed by atoms with van der Waals surface area (Å²) in [4.78, 5) is 7.34. The van der Waals surface area contributed by atoms with Gasteiger partial charge < -0.3 is 9.74 Å². The molecule has 0 aromatic rings. The molecule has 0 spiro atoms. The summed E-state index contributed by atoms with van der Waals surface area (Å²) < 4.78 is 0. The fraction of sp³-hybridized carbons (Fsp3) is 0.900. The molecule has 0 atom stereocenters. The molecule has 0 radical (unpaired) electrons. The zero-order chi connectivity index (χ0) is 10.1. The van der Waals surface area contributed by atoms with E-state index in [4.69, 9.17) is 4.84 Å². The third-order valence-electron chi connectivity index (χ3n) is 1.91. The van der Waals surface area contributed by atoms with Crippen molar-refractivity contribution in [2.75, 3.05) is 26.7 Å². The predicted octanol–water partition coefficient (Wildman–Crippen LogP) is 2.13. The Balaban J connectivity index is 3.48. The molecule has 0 aromatic heterocycles. The van der Waals surface area contributed by atoms with E-state index in [2.05, 4.69) is 31.0 Å². The van der Waals surface area contributed by atoms with Crippen molar-refractivity contribution in [3.8, 4) is 0 Å². The maximum absolute atomic E-state index is 5.08. The van der Waals surface area contributed by atoms with Gasteiger partial charge in [0.15, 0.2) is 0 Å². The molecule has 0 aromatic carbocycles. The SMILES string of the molecule is CCCO/N=C(/C)CCN(C)CC. The highest BCUT2D eigenvalue weighted by Crippen LogP contribution is 1.92. The molecule has 0 rings (SSSR count). The topological polar surface area (TPSA) is 24.8 Å². The Hall–Kier alpha value is -0.570. The van der Waals surface area contributed by atoms with E-state index >= 15 is 0 Å². The molecule has 3 heteroatoms. The first-order valence-electron chi connectivity index (χ1n) is 5.04. The molecule has 0 saturated carbocycles. The van der Waals surface area contributed by atoms with Crippen LogP contribution in [-0.2, 0) is 4.84 Å². The molecule has 3 nitrogen and oxygen atoms in total. The molecular formula is C10H22N2O. The number of nitrogens with zero attached hydrogens (tertiary/aromatic N) is 2. The van der Waals surface area contributed by atoms with E-state index < -0.39 is 0 Å². The van der Waals surface area contributed by atoms with Crippen LogP contribution in [0.5, 0.6) is 0 Å². The second-order valence-electron chi connectivity index (χ2n) is 3.31. The summed E-state index contributed by atoms with van der Waals surface area (Å²) in [6, 6.07) is 0. The highest BCUT2D eigenvalue weighted by Gasteiger charge is 1.96. The van der Waals surface area contributed by atoms with Crippen LogP contribution in [0.25, 0.3) is 0 Å². The maximum Gasteiger partial charge on any atom is 0.116 e. The summed E-state index contributed by atoms with van der Waals surface area (Å²) in [5, 5.41) is 4.01. The van der Waals surface area contributed by atoms with Gasteiger partial charge in [0.25, 0.3) is 0 Å². The van der Waals surface area contributed by atoms with E-state index in [1.807, 2.05) is 6.92 Å². The summed E-state index contributed by atoms with van der Waals surface area (Å²) in [6.45, 7) is 9.11. The minimum Gasteiger partial charge on any atom is -0.396 e. The van der Waals surface area contributed by atoms with Crippen LogP contribution < -0.4 is 0 Å². The van der Waals surface area contributed by atoms with Gasteiger partial charge in [0, 0.05) is 13.0 Å². The van der Waals surface area contributed by atoms with Gasteiger partial charge in [0.2, 0.25) is 0 Å². The van der Waals surface area contributed by atoms with Gasteiger partial charge in [-0.2, -0.15) is 0 Å². The van der Waals surface area contributed by atoms with Crippen LogP contribution >= 0.6 is 0 Å². The number of rotatable bonds is 7. The van der Waals surface area contributed by atoms with Crippen LogP contribution in [0.15, 0.2) is 5.16 Å². The molecule has 0 aliphatic heterocycles. The molecule has 0 saturated heterocycles. The fourth-order valence-electron chi connectivity index (χ4n) is 0.804. The summed E-state index contributed by atoms with van der Waals surface area (Å²) in [7, 11) is 2.11. The van der Waals surface area contributed by atoms with Crippen molar-refractivity contribution >= 4 is 5.71 Å². The van der Waals surface area contributed by atoms with E-state index in [0.29, 0.717) is 0 Å². The van der Waals surface area contributed by atoms with Crippen LogP contribution in [0.1, 0.15) is 33.6 Å². The zero-order valence-electron chi connectivity index (χ0n) is 9.34. The molecule has 0 bridgehead atoms. The van der Waals surface area contributed by atoms with Crippen molar-refractivity contribution in [3.63, 3.8) is 0 Å². The average molecular weight is 186 g/mol. The standard InChI is InChI=1S/C10H22N2O/c1-5-9-13-11-10(3)7-8-12(4)6-2/h5-9H2,1-4H3/b11-10-. The monoisotopic (exact) mass is 186 g/mol. The van der Waals surface area contributed by atoms with E-state index in [1.54, 1.807) is 0 Å². The molecule has 0 aliphatic rings. The quantitative estimate of drug-likeness (QED) is 0.346. The first kappa shape index (κ1) is 12.4. The second-order valence-corrected chi connectivity index (χ2v) is 3.31. The highest BCUT2D eigenvalue weighted by molar-refractivity contribution is 5.81. The average Bonchev–Trinajstić information content (AvgIpc) is 2.14. The molecule has 0 N–H and O–H groups in total. The lowest BCUT2D eigenvalue weighted by Crippen LogP contribution is -2.20. The van der Waals surface area contributed by atoms with E-state index in [-0.39, 0.29) is 0 Å². The van der Waals surface area contributed by atoms with Crippen LogP contribution in [0.3, 0.4) is 0 Å². The van der Waals surface area contributed by atoms with Crippen LogP contribution in [0.4, 0.5) is 0 Å². The largest absolute Gasteiger partial charge is 0.396 e. The van der Waals surface area contributed by atoms with Gasteiger partial charge in [0.05, 0.1) is 5.71 Å². The van der Waals surface area contributed by atoms with Gasteiger partial charge in [-0.15, -0.1) is 0 Å². The summed E-state index contributed by atoms with van der Waals surface area (Å²) in [6.07, 6.45) is 2.01. The highest BCUT2D eigenvalue weighted by atomic mass is 16.6. The Morgan fingerprint density at radius 1 is 1.38 bits per heavy atom. The lowest BCUT2D eigenvalue weighted by atomic mass is 10.3. The summed E-state index contributed by atoms with van der Waals surface area (Å²) in [5.41, 5.74) is 1.08. The molecule has 13 heavy (non-hydrogen) atoms. The van der Waals surface area contributed by atoms with Gasteiger partial charge in [-0.05, 0) is 26.9 Å². The number of oxime groups is 1. The first-order valence-corrected chi connectivity index (χ1v) is 5.04. The van der Waals surface area contributed by atoms with E-state index in [9.17, 15) is 0 Å². The predicted molar refractivity (Wildman–Crippen MR) is 57.1 cm³/mol. The van der Waals surface area contributed by atoms with Crippen molar-refractivity contribution in [1.82, 2.24) is 4.90 Å². The normalized spacial score (nSPS) is 12.2. The molecule has 78 valence electrons. The zero-order valence-corrected chi connectivity index (χ0v) is 9.34. The summed E-state index contributed by atoms with van der Waals surface area (Å²) >= 11 is 0. The van der Waals surface area contributed by atoms with Gasteiger partial charge in [-0.1, -0.05) is 19.0 Å². The Labute approximate surface area is 81.7 Å². The minimum atomic E-state index is 0.723. The van der Waals surface area contributed by atoms with Gasteiger partial charge in [-0.25, -0.2) is 0 Å². The van der Waals surface area contributed by atoms with Crippen molar-refractivity contribution in [2.24, 2.45) is 5.16 Å². The van der Waals surface area contributed by atoms with Gasteiger partial charge >= 0.3 is 0 Å². The fourth-order valence-corrected chi connectivity index (χ4v) is 0.804. The van der Waals surface area contributed by atoms with E-state index in [0.717, 1.165) is 38.2 Å². The van der Waals surface area contributed by atoms with Crippen molar-refractivity contribution in [3.05, 3.63) is 0 Å². The number of hydrogen-bond donors (Lipinski definition) is 0.